The van der Waals surface area contributed by atoms with Crippen molar-refractivity contribution < 1.29 is 13.9 Å². The molecular weight excluding hydrogens is 352 g/mol. The van der Waals surface area contributed by atoms with Crippen LogP contribution in [0.5, 0.6) is 0 Å². The Morgan fingerprint density at radius 1 is 1.23 bits per heavy atom. The molecule has 3 rings (SSSR count). The van der Waals surface area contributed by atoms with E-state index in [0.717, 1.165) is 11.3 Å². The number of nitrogens with one attached hydrogen (secondary N) is 1. The molecule has 0 radical (unpaired) electrons. The van der Waals surface area contributed by atoms with Gasteiger partial charge in [0.15, 0.2) is 0 Å². The highest BCUT2D eigenvalue weighted by atomic mass is 32.2. The molecule has 1 N–H and O–H groups in total. The zero-order valence-corrected chi connectivity index (χ0v) is 15.2. The molecule has 0 atom stereocenters. The smallest absolute Gasteiger partial charge is 0.277 e. The van der Waals surface area contributed by atoms with Crippen LogP contribution in [0.1, 0.15) is 5.56 Å². The van der Waals surface area contributed by atoms with Crippen molar-refractivity contribution in [1.82, 2.24) is 20.1 Å². The van der Waals surface area contributed by atoms with Gasteiger partial charge in [-0.25, -0.2) is 0 Å². The van der Waals surface area contributed by atoms with Gasteiger partial charge in [-0.15, -0.1) is 10.2 Å². The summed E-state index contributed by atoms with van der Waals surface area (Å²) in [5.41, 5.74) is 1.83. The van der Waals surface area contributed by atoms with Crippen LogP contribution in [0.3, 0.4) is 0 Å². The summed E-state index contributed by atoms with van der Waals surface area (Å²) in [4.78, 5) is 17.4. The number of carbonyl (C=O) groups is 1. The van der Waals surface area contributed by atoms with Gasteiger partial charge in [-0.3, -0.25) is 4.79 Å². The Balaban J connectivity index is 1.58. The first-order valence-corrected chi connectivity index (χ1v) is 9.15. The molecule has 1 amide bonds. The third kappa shape index (κ3) is 4.96. The summed E-state index contributed by atoms with van der Waals surface area (Å²) in [5, 5.41) is 8.34. The van der Waals surface area contributed by atoms with Crippen LogP contribution in [0.25, 0.3) is 11.6 Å². The van der Waals surface area contributed by atoms with Crippen LogP contribution in [0.15, 0.2) is 58.3 Å². The highest BCUT2D eigenvalue weighted by Crippen LogP contribution is 2.22. The molecule has 3 aromatic rings. The Labute approximate surface area is 155 Å². The molecule has 26 heavy (non-hydrogen) atoms. The maximum absolute atomic E-state index is 12.6. The van der Waals surface area contributed by atoms with Crippen LogP contribution in [-0.2, 0) is 16.1 Å². The number of rotatable bonds is 9. The Morgan fingerprint density at radius 3 is 2.81 bits per heavy atom. The number of ether oxygens (including phenoxy) is 1. The van der Waals surface area contributed by atoms with Crippen molar-refractivity contribution in [3.05, 3.63) is 54.2 Å². The molecule has 1 aromatic carbocycles. The minimum absolute atomic E-state index is 0.00414. The molecule has 2 aromatic heterocycles. The maximum atomic E-state index is 12.6. The molecule has 2 heterocycles. The Bertz CT molecular complexity index is 805. The first-order valence-electron chi connectivity index (χ1n) is 8.17. The minimum atomic E-state index is -0.00414. The standard InChI is InChI=1S/C18H20N4O3S/c1-24-11-10-22(12-14-6-3-2-4-7-14)16(23)13-26-18-21-20-17(25-18)15-8-5-9-19-15/h2-9,19H,10-13H2,1H3. The van der Waals surface area contributed by atoms with E-state index in [4.69, 9.17) is 9.15 Å². The summed E-state index contributed by atoms with van der Waals surface area (Å²) in [6.07, 6.45) is 1.78. The normalized spacial score (nSPS) is 10.8. The predicted molar refractivity (Wildman–Crippen MR) is 98.5 cm³/mol. The van der Waals surface area contributed by atoms with Gasteiger partial charge in [-0.1, -0.05) is 42.1 Å². The lowest BCUT2D eigenvalue weighted by Crippen LogP contribution is -2.34. The van der Waals surface area contributed by atoms with E-state index in [-0.39, 0.29) is 11.7 Å². The van der Waals surface area contributed by atoms with E-state index in [2.05, 4.69) is 15.2 Å². The van der Waals surface area contributed by atoms with Crippen molar-refractivity contribution in [2.75, 3.05) is 26.0 Å². The lowest BCUT2D eigenvalue weighted by Gasteiger charge is -2.22. The van der Waals surface area contributed by atoms with Gasteiger partial charge < -0.3 is 19.0 Å². The van der Waals surface area contributed by atoms with E-state index in [1.165, 1.54) is 11.8 Å². The summed E-state index contributed by atoms with van der Waals surface area (Å²) < 4.78 is 10.7. The monoisotopic (exact) mass is 372 g/mol. The van der Waals surface area contributed by atoms with Crippen LogP contribution in [0.2, 0.25) is 0 Å². The lowest BCUT2D eigenvalue weighted by atomic mass is 10.2. The number of aromatic nitrogens is 3. The van der Waals surface area contributed by atoms with Gasteiger partial charge in [0, 0.05) is 26.4 Å². The van der Waals surface area contributed by atoms with Gasteiger partial charge in [0.1, 0.15) is 5.69 Å². The molecule has 0 aliphatic carbocycles. The number of thioether (sulfide) groups is 1. The molecule has 136 valence electrons. The number of hydrogen-bond acceptors (Lipinski definition) is 6. The van der Waals surface area contributed by atoms with Gasteiger partial charge in [-0.05, 0) is 17.7 Å². The molecule has 8 heteroatoms. The van der Waals surface area contributed by atoms with Gasteiger partial charge in [0.05, 0.1) is 12.4 Å². The van der Waals surface area contributed by atoms with Crippen molar-refractivity contribution in [3.8, 4) is 11.6 Å². The second kappa shape index (κ2) is 9.21. The zero-order chi connectivity index (χ0) is 18.2. The molecule has 0 saturated heterocycles. The zero-order valence-electron chi connectivity index (χ0n) is 14.4. The van der Waals surface area contributed by atoms with Crippen molar-refractivity contribution in [2.45, 2.75) is 11.8 Å². The summed E-state index contributed by atoms with van der Waals surface area (Å²) in [6, 6.07) is 13.6. The van der Waals surface area contributed by atoms with Crippen LogP contribution in [0, 0.1) is 0 Å². The average Bonchev–Trinajstić information content (AvgIpc) is 3.35. The first kappa shape index (κ1) is 18.2. The topological polar surface area (TPSA) is 84.2 Å². The number of aromatic amines is 1. The van der Waals surface area contributed by atoms with Crippen molar-refractivity contribution in [2.24, 2.45) is 0 Å². The number of benzene rings is 1. The van der Waals surface area contributed by atoms with Crippen LogP contribution in [0.4, 0.5) is 0 Å². The SMILES string of the molecule is COCCN(Cc1ccccc1)C(=O)CSc1nnc(-c2ccc[nH]2)o1. The van der Waals surface area contributed by atoms with E-state index in [1.807, 2.05) is 42.5 Å². The minimum Gasteiger partial charge on any atom is -0.410 e. The fourth-order valence-electron chi connectivity index (χ4n) is 2.35. The van der Waals surface area contributed by atoms with Crippen molar-refractivity contribution in [1.29, 1.82) is 0 Å². The Kier molecular flexibility index (Phi) is 6.45. The van der Waals surface area contributed by atoms with E-state index in [1.54, 1.807) is 18.2 Å². The van der Waals surface area contributed by atoms with Gasteiger partial charge in [0.2, 0.25) is 5.91 Å². The number of nitrogens with zero attached hydrogens (tertiary/aromatic N) is 3. The molecule has 0 bridgehead atoms. The second-order valence-electron chi connectivity index (χ2n) is 5.54. The lowest BCUT2D eigenvalue weighted by molar-refractivity contribution is -0.129. The summed E-state index contributed by atoms with van der Waals surface area (Å²) in [7, 11) is 1.63. The predicted octanol–water partition coefficient (Wildman–Crippen LogP) is 2.83. The molecule has 0 fully saturated rings. The summed E-state index contributed by atoms with van der Waals surface area (Å²) in [5.74, 6) is 0.629. The third-order valence-electron chi connectivity index (χ3n) is 3.69. The highest BCUT2D eigenvalue weighted by Gasteiger charge is 2.17. The number of carbonyl (C=O) groups excluding carboxylic acids is 1. The van der Waals surface area contributed by atoms with Gasteiger partial charge in [-0.2, -0.15) is 0 Å². The van der Waals surface area contributed by atoms with Gasteiger partial charge >= 0.3 is 0 Å². The molecule has 7 nitrogen and oxygen atoms in total. The molecule has 0 unspecified atom stereocenters. The number of amides is 1. The number of hydrogen-bond donors (Lipinski definition) is 1. The molecule has 0 aliphatic rings. The third-order valence-corrected chi connectivity index (χ3v) is 4.49. The van der Waals surface area contributed by atoms with E-state index in [9.17, 15) is 4.79 Å². The van der Waals surface area contributed by atoms with Crippen LogP contribution < -0.4 is 0 Å². The van der Waals surface area contributed by atoms with E-state index < -0.39 is 0 Å². The Morgan fingerprint density at radius 2 is 2.08 bits per heavy atom. The second-order valence-corrected chi connectivity index (χ2v) is 6.47. The van der Waals surface area contributed by atoms with E-state index in [0.29, 0.717) is 30.8 Å². The van der Waals surface area contributed by atoms with Crippen LogP contribution in [-0.4, -0.2) is 52.0 Å². The van der Waals surface area contributed by atoms with Crippen molar-refractivity contribution >= 4 is 17.7 Å². The molecule has 0 aliphatic heterocycles. The quantitative estimate of drug-likeness (QED) is 0.582. The Hall–Kier alpha value is -2.58. The summed E-state index contributed by atoms with van der Waals surface area (Å²) in [6.45, 7) is 1.56. The molecule has 0 saturated carbocycles. The molecule has 0 spiro atoms. The van der Waals surface area contributed by atoms with E-state index >= 15 is 0 Å². The average molecular weight is 372 g/mol. The first-order chi connectivity index (χ1) is 12.8. The largest absolute Gasteiger partial charge is 0.410 e. The number of methoxy groups -OCH3 is 1. The number of H-pyrrole nitrogens is 1. The maximum Gasteiger partial charge on any atom is 0.277 e. The fourth-order valence-corrected chi connectivity index (χ4v) is 3.02. The van der Waals surface area contributed by atoms with Crippen LogP contribution >= 0.6 is 11.8 Å². The van der Waals surface area contributed by atoms with Crippen molar-refractivity contribution in [3.63, 3.8) is 0 Å². The summed E-state index contributed by atoms with van der Waals surface area (Å²) >= 11 is 1.23. The highest BCUT2D eigenvalue weighted by molar-refractivity contribution is 7.99. The molecular formula is C18H20N4O3S. The fraction of sp³-hybridized carbons (Fsp3) is 0.278. The van der Waals surface area contributed by atoms with Gasteiger partial charge in [0.25, 0.3) is 11.1 Å².